The number of Topliss-reactive ketones (excluding diaryl/α,β-unsaturated/α-hetero) is 1. The number of hydrogen-bond acceptors (Lipinski definition) is 7. The minimum atomic E-state index is -1.34. The van der Waals surface area contributed by atoms with Gasteiger partial charge in [0, 0.05) is 17.4 Å². The predicted octanol–water partition coefficient (Wildman–Crippen LogP) is 2.54. The fraction of sp³-hybridized carbons (Fsp3) is 0.250. The molecule has 0 fully saturated rings. The Bertz CT molecular complexity index is 1000. The molecule has 1 heterocycles. The second-order valence-electron chi connectivity index (χ2n) is 6.06. The van der Waals surface area contributed by atoms with Crippen LogP contribution in [-0.4, -0.2) is 41.0 Å². The molecule has 2 aromatic carbocycles. The van der Waals surface area contributed by atoms with Gasteiger partial charge in [-0.15, -0.1) is 0 Å². The Morgan fingerprint density at radius 3 is 2.48 bits per heavy atom. The summed E-state index contributed by atoms with van der Waals surface area (Å²) in [5, 5.41) is 2.54. The van der Waals surface area contributed by atoms with Crippen molar-refractivity contribution in [2.75, 3.05) is 24.5 Å². The molecule has 1 aliphatic heterocycles. The van der Waals surface area contributed by atoms with Crippen LogP contribution in [0.3, 0.4) is 0 Å². The maximum Gasteiger partial charge on any atom is 0.339 e. The normalized spacial score (nSPS) is 12.9. The molecular formula is C20H19NO7S. The second-order valence-corrected chi connectivity index (χ2v) is 7.77. The van der Waals surface area contributed by atoms with Crippen LogP contribution in [0.2, 0.25) is 0 Å². The van der Waals surface area contributed by atoms with Gasteiger partial charge in [0.15, 0.2) is 23.9 Å². The summed E-state index contributed by atoms with van der Waals surface area (Å²) >= 11 is 0. The SMILES string of the molecule is CC[S@@](=O)c1ccccc1C(=O)OCC(=O)Nc1cc2c(cc1C(C)=O)OCO2. The van der Waals surface area contributed by atoms with E-state index in [0.29, 0.717) is 22.1 Å². The van der Waals surface area contributed by atoms with Crippen molar-refractivity contribution < 1.29 is 32.8 Å². The van der Waals surface area contributed by atoms with Gasteiger partial charge in [-0.05, 0) is 25.1 Å². The smallest absolute Gasteiger partial charge is 0.339 e. The molecule has 0 saturated carbocycles. The van der Waals surface area contributed by atoms with Gasteiger partial charge in [-0.25, -0.2) is 4.79 Å². The molecule has 0 unspecified atom stereocenters. The highest BCUT2D eigenvalue weighted by molar-refractivity contribution is 7.85. The summed E-state index contributed by atoms with van der Waals surface area (Å²) in [7, 11) is -1.34. The van der Waals surface area contributed by atoms with Crippen LogP contribution >= 0.6 is 0 Å². The van der Waals surface area contributed by atoms with Crippen LogP contribution < -0.4 is 14.8 Å². The van der Waals surface area contributed by atoms with E-state index in [0.717, 1.165) is 0 Å². The summed E-state index contributed by atoms with van der Waals surface area (Å²) in [5.41, 5.74) is 0.626. The van der Waals surface area contributed by atoms with Gasteiger partial charge in [0.2, 0.25) is 6.79 Å². The van der Waals surface area contributed by atoms with Crippen LogP contribution in [-0.2, 0) is 20.3 Å². The van der Waals surface area contributed by atoms with E-state index >= 15 is 0 Å². The molecule has 152 valence electrons. The Kier molecular flexibility index (Phi) is 6.28. The van der Waals surface area contributed by atoms with Crippen LogP contribution in [0.1, 0.15) is 34.6 Å². The number of carbonyl (C=O) groups is 3. The number of anilines is 1. The lowest BCUT2D eigenvalue weighted by Gasteiger charge is -2.12. The van der Waals surface area contributed by atoms with E-state index in [1.165, 1.54) is 25.1 Å². The third-order valence-electron chi connectivity index (χ3n) is 4.11. The van der Waals surface area contributed by atoms with Crippen molar-refractivity contribution >= 4 is 34.1 Å². The monoisotopic (exact) mass is 417 g/mol. The number of ether oxygens (including phenoxy) is 3. The first kappa shape index (κ1) is 20.5. The summed E-state index contributed by atoms with van der Waals surface area (Å²) in [6.07, 6.45) is 0. The molecule has 0 aromatic heterocycles. The van der Waals surface area contributed by atoms with Gasteiger partial charge in [-0.1, -0.05) is 19.1 Å². The zero-order valence-electron chi connectivity index (χ0n) is 15.9. The van der Waals surface area contributed by atoms with Crippen molar-refractivity contribution in [2.45, 2.75) is 18.7 Å². The number of rotatable bonds is 7. The largest absolute Gasteiger partial charge is 0.454 e. The summed E-state index contributed by atoms with van der Waals surface area (Å²) < 4.78 is 27.6. The van der Waals surface area contributed by atoms with E-state index in [4.69, 9.17) is 14.2 Å². The van der Waals surface area contributed by atoms with E-state index in [-0.39, 0.29) is 29.4 Å². The van der Waals surface area contributed by atoms with Crippen LogP contribution in [0.5, 0.6) is 11.5 Å². The van der Waals surface area contributed by atoms with Gasteiger partial charge in [-0.2, -0.15) is 0 Å². The van der Waals surface area contributed by atoms with Crippen LogP contribution in [0, 0.1) is 0 Å². The highest BCUT2D eigenvalue weighted by atomic mass is 32.2. The Morgan fingerprint density at radius 2 is 1.79 bits per heavy atom. The molecule has 8 nitrogen and oxygen atoms in total. The Hall–Kier alpha value is -3.20. The fourth-order valence-corrected chi connectivity index (χ4v) is 3.66. The van der Waals surface area contributed by atoms with E-state index in [1.807, 2.05) is 0 Å². The maximum atomic E-state index is 12.3. The molecule has 0 bridgehead atoms. The highest BCUT2D eigenvalue weighted by Gasteiger charge is 2.21. The van der Waals surface area contributed by atoms with Gasteiger partial charge in [0.05, 0.1) is 26.9 Å². The topological polar surface area (TPSA) is 108 Å². The summed E-state index contributed by atoms with van der Waals surface area (Å²) in [6, 6.07) is 9.35. The minimum absolute atomic E-state index is 0.0280. The van der Waals surface area contributed by atoms with Gasteiger partial charge < -0.3 is 19.5 Å². The molecule has 1 atom stereocenters. The van der Waals surface area contributed by atoms with Gasteiger partial charge in [-0.3, -0.25) is 13.8 Å². The van der Waals surface area contributed by atoms with Crippen molar-refractivity contribution in [1.82, 2.24) is 0 Å². The van der Waals surface area contributed by atoms with Crippen LogP contribution in [0.25, 0.3) is 0 Å². The van der Waals surface area contributed by atoms with Crippen molar-refractivity contribution in [3.8, 4) is 11.5 Å². The number of esters is 1. The number of amides is 1. The van der Waals surface area contributed by atoms with Crippen molar-refractivity contribution in [1.29, 1.82) is 0 Å². The van der Waals surface area contributed by atoms with Gasteiger partial charge in [0.25, 0.3) is 5.91 Å². The number of fused-ring (bicyclic) bond motifs is 1. The Labute approximate surface area is 169 Å². The van der Waals surface area contributed by atoms with E-state index in [2.05, 4.69) is 5.32 Å². The lowest BCUT2D eigenvalue weighted by atomic mass is 10.1. The second kappa shape index (κ2) is 8.87. The zero-order valence-corrected chi connectivity index (χ0v) is 16.7. The van der Waals surface area contributed by atoms with E-state index in [1.54, 1.807) is 25.1 Å². The number of benzene rings is 2. The molecule has 0 radical (unpaired) electrons. The Morgan fingerprint density at radius 1 is 1.10 bits per heavy atom. The standard InChI is InChI=1S/C20H19NO7S/c1-3-29(25)18-7-5-4-6-13(18)20(24)26-10-19(23)21-15-9-17-16(27-11-28-17)8-14(15)12(2)22/h4-9H,3,10-11H2,1-2H3,(H,21,23)/t29-/m1/s1. The molecule has 1 N–H and O–H groups in total. The lowest BCUT2D eigenvalue weighted by molar-refractivity contribution is -0.119. The molecule has 1 aliphatic rings. The first-order chi connectivity index (χ1) is 13.9. The maximum absolute atomic E-state index is 12.3. The van der Waals surface area contributed by atoms with E-state index < -0.39 is 29.3 Å². The number of nitrogens with one attached hydrogen (secondary N) is 1. The molecule has 0 spiro atoms. The molecule has 9 heteroatoms. The average Bonchev–Trinajstić information content (AvgIpc) is 3.18. The average molecular weight is 417 g/mol. The van der Waals surface area contributed by atoms with Crippen molar-refractivity contribution in [3.05, 3.63) is 47.5 Å². The lowest BCUT2D eigenvalue weighted by Crippen LogP contribution is -2.22. The third-order valence-corrected chi connectivity index (χ3v) is 5.49. The quantitative estimate of drug-likeness (QED) is 0.545. The predicted molar refractivity (Wildman–Crippen MR) is 105 cm³/mol. The van der Waals surface area contributed by atoms with Crippen molar-refractivity contribution in [3.63, 3.8) is 0 Å². The molecule has 0 saturated heterocycles. The van der Waals surface area contributed by atoms with Crippen LogP contribution in [0.15, 0.2) is 41.3 Å². The van der Waals surface area contributed by atoms with Crippen LogP contribution in [0.4, 0.5) is 5.69 Å². The highest BCUT2D eigenvalue weighted by Crippen LogP contribution is 2.37. The van der Waals surface area contributed by atoms with Gasteiger partial charge in [0.1, 0.15) is 0 Å². The van der Waals surface area contributed by atoms with Crippen molar-refractivity contribution in [2.24, 2.45) is 0 Å². The fourth-order valence-electron chi connectivity index (χ4n) is 2.72. The first-order valence-corrected chi connectivity index (χ1v) is 10.1. The molecule has 2 aromatic rings. The third kappa shape index (κ3) is 4.62. The zero-order chi connectivity index (χ0) is 21.0. The van der Waals surface area contributed by atoms with E-state index in [9.17, 15) is 18.6 Å². The number of ketones is 1. The number of hydrogen-bond donors (Lipinski definition) is 1. The molecule has 0 aliphatic carbocycles. The minimum Gasteiger partial charge on any atom is -0.454 e. The summed E-state index contributed by atoms with van der Waals surface area (Å²) in [4.78, 5) is 36.8. The Balaban J connectivity index is 1.69. The summed E-state index contributed by atoms with van der Waals surface area (Å²) in [5.74, 6) is -0.489. The molecule has 1 amide bonds. The molecule has 3 rings (SSSR count). The molecular weight excluding hydrogens is 398 g/mol. The summed E-state index contributed by atoms with van der Waals surface area (Å²) in [6.45, 7) is 2.56. The number of carbonyl (C=O) groups excluding carboxylic acids is 3. The van der Waals surface area contributed by atoms with Gasteiger partial charge >= 0.3 is 5.97 Å². The first-order valence-electron chi connectivity index (χ1n) is 8.79. The molecule has 29 heavy (non-hydrogen) atoms.